The van der Waals surface area contributed by atoms with Crippen LogP contribution in [0.2, 0.25) is 0 Å². The summed E-state index contributed by atoms with van der Waals surface area (Å²) in [6.45, 7) is 4.92. The molecule has 33 heavy (non-hydrogen) atoms. The topological polar surface area (TPSA) is 92.4 Å². The van der Waals surface area contributed by atoms with Crippen molar-refractivity contribution in [1.82, 2.24) is 15.1 Å². The molecule has 2 heterocycles. The first-order valence-corrected chi connectivity index (χ1v) is 11.1. The number of piperazine rings is 1. The average Bonchev–Trinajstić information content (AvgIpc) is 2.85. The van der Waals surface area contributed by atoms with Crippen molar-refractivity contribution in [3.63, 3.8) is 0 Å². The van der Waals surface area contributed by atoms with Crippen LogP contribution >= 0.6 is 0 Å². The second-order valence-electron chi connectivity index (χ2n) is 8.15. The lowest BCUT2D eigenvalue weighted by Gasteiger charge is -2.38. The Morgan fingerprint density at radius 3 is 2.36 bits per heavy atom. The van der Waals surface area contributed by atoms with E-state index in [2.05, 4.69) is 27.5 Å². The summed E-state index contributed by atoms with van der Waals surface area (Å²) in [7, 11) is 3.73. The molecule has 1 fully saturated rings. The molecule has 2 aromatic carbocycles. The third-order valence-corrected chi connectivity index (χ3v) is 5.94. The smallest absolute Gasteiger partial charge is 0.313 e. The number of rotatable bonds is 6. The highest BCUT2D eigenvalue weighted by molar-refractivity contribution is 6.39. The van der Waals surface area contributed by atoms with E-state index in [1.54, 1.807) is 25.3 Å². The van der Waals surface area contributed by atoms with Gasteiger partial charge in [0.15, 0.2) is 11.5 Å². The van der Waals surface area contributed by atoms with E-state index in [9.17, 15) is 9.59 Å². The van der Waals surface area contributed by atoms with Gasteiger partial charge in [0, 0.05) is 44.5 Å². The Kier molecular flexibility index (Phi) is 7.31. The van der Waals surface area contributed by atoms with Crippen molar-refractivity contribution in [3.8, 4) is 17.2 Å². The highest BCUT2D eigenvalue weighted by Crippen LogP contribution is 2.32. The van der Waals surface area contributed by atoms with Gasteiger partial charge in [-0.2, -0.15) is 0 Å². The summed E-state index contributed by atoms with van der Waals surface area (Å²) in [4.78, 5) is 29.7. The van der Waals surface area contributed by atoms with E-state index in [0.717, 1.165) is 37.5 Å². The molecule has 9 nitrogen and oxygen atoms in total. The molecule has 0 spiro atoms. The third-order valence-electron chi connectivity index (χ3n) is 5.94. The summed E-state index contributed by atoms with van der Waals surface area (Å²) in [5, 5.41) is 5.44. The molecule has 0 radical (unpaired) electrons. The molecule has 2 N–H and O–H groups in total. The van der Waals surface area contributed by atoms with Crippen LogP contribution in [0.25, 0.3) is 0 Å². The van der Waals surface area contributed by atoms with Gasteiger partial charge < -0.3 is 29.7 Å². The first-order chi connectivity index (χ1) is 16.0. The van der Waals surface area contributed by atoms with Crippen molar-refractivity contribution in [2.45, 2.75) is 6.04 Å². The Balaban J connectivity index is 1.39. The molecule has 0 unspecified atom stereocenters. The maximum Gasteiger partial charge on any atom is 0.313 e. The standard InChI is InChI=1S/C24H30N4O5/c1-27-9-11-28(12-10-27)20(17-3-6-19(31-2)7-4-17)16-25-23(29)24(30)26-18-5-8-21-22(15-18)33-14-13-32-21/h3-8,15,20H,9-14,16H2,1-2H3,(H,25,29)(H,26,30)/t20-/m0/s1. The van der Waals surface area contributed by atoms with Crippen LogP contribution in [0.5, 0.6) is 17.2 Å². The number of nitrogens with zero attached hydrogens (tertiary/aromatic N) is 2. The van der Waals surface area contributed by atoms with Crippen LogP contribution in [-0.2, 0) is 9.59 Å². The van der Waals surface area contributed by atoms with Crippen LogP contribution in [0.4, 0.5) is 5.69 Å². The zero-order valence-corrected chi connectivity index (χ0v) is 19.0. The van der Waals surface area contributed by atoms with E-state index in [-0.39, 0.29) is 6.04 Å². The van der Waals surface area contributed by atoms with Crippen LogP contribution < -0.4 is 24.8 Å². The maximum atomic E-state index is 12.6. The Morgan fingerprint density at radius 1 is 0.970 bits per heavy atom. The number of carbonyl (C=O) groups excluding carboxylic acids is 2. The number of likely N-dealkylation sites (N-methyl/N-ethyl adjacent to an activating group) is 1. The van der Waals surface area contributed by atoms with Crippen molar-refractivity contribution >= 4 is 17.5 Å². The number of methoxy groups -OCH3 is 1. The van der Waals surface area contributed by atoms with E-state index in [1.165, 1.54) is 0 Å². The monoisotopic (exact) mass is 454 g/mol. The second kappa shape index (κ2) is 10.5. The molecule has 0 aromatic heterocycles. The SMILES string of the molecule is COc1ccc([C@H](CNC(=O)C(=O)Nc2ccc3c(c2)OCCO3)N2CCN(C)CC2)cc1. The summed E-state index contributed by atoms with van der Waals surface area (Å²) in [5.41, 5.74) is 1.54. The lowest BCUT2D eigenvalue weighted by Crippen LogP contribution is -2.49. The highest BCUT2D eigenvalue weighted by atomic mass is 16.6. The summed E-state index contributed by atoms with van der Waals surface area (Å²) >= 11 is 0. The average molecular weight is 455 g/mol. The molecule has 1 atom stereocenters. The molecular weight excluding hydrogens is 424 g/mol. The van der Waals surface area contributed by atoms with Gasteiger partial charge in [0.05, 0.1) is 13.2 Å². The van der Waals surface area contributed by atoms with Gasteiger partial charge in [-0.1, -0.05) is 12.1 Å². The van der Waals surface area contributed by atoms with Gasteiger partial charge in [0.25, 0.3) is 0 Å². The molecule has 0 aliphatic carbocycles. The summed E-state index contributed by atoms with van der Waals surface area (Å²) in [6.07, 6.45) is 0. The minimum atomic E-state index is -0.724. The van der Waals surface area contributed by atoms with E-state index in [1.807, 2.05) is 24.3 Å². The van der Waals surface area contributed by atoms with E-state index in [4.69, 9.17) is 14.2 Å². The van der Waals surface area contributed by atoms with Crippen LogP contribution in [0.3, 0.4) is 0 Å². The van der Waals surface area contributed by atoms with Gasteiger partial charge in [0.1, 0.15) is 19.0 Å². The summed E-state index contributed by atoms with van der Waals surface area (Å²) in [5.74, 6) is 0.544. The van der Waals surface area contributed by atoms with Gasteiger partial charge in [-0.25, -0.2) is 0 Å². The van der Waals surface area contributed by atoms with Gasteiger partial charge >= 0.3 is 11.8 Å². The molecule has 2 amide bonds. The number of carbonyl (C=O) groups is 2. The number of hydrogen-bond acceptors (Lipinski definition) is 7. The summed E-state index contributed by atoms with van der Waals surface area (Å²) in [6, 6.07) is 12.8. The van der Waals surface area contributed by atoms with Crippen molar-refractivity contribution in [1.29, 1.82) is 0 Å². The van der Waals surface area contributed by atoms with Crippen molar-refractivity contribution in [3.05, 3.63) is 48.0 Å². The number of anilines is 1. The lowest BCUT2D eigenvalue weighted by molar-refractivity contribution is -0.136. The molecule has 4 rings (SSSR count). The van der Waals surface area contributed by atoms with Crippen molar-refractivity contribution in [2.24, 2.45) is 0 Å². The normalized spacial score (nSPS) is 17.2. The molecule has 0 saturated carbocycles. The number of amides is 2. The fourth-order valence-electron chi connectivity index (χ4n) is 4.00. The van der Waals surface area contributed by atoms with Crippen molar-refractivity contribution < 1.29 is 23.8 Å². The van der Waals surface area contributed by atoms with Crippen LogP contribution in [-0.4, -0.2) is 81.7 Å². The number of benzene rings is 2. The predicted molar refractivity (Wildman–Crippen MR) is 124 cm³/mol. The molecular formula is C24H30N4O5. The van der Waals surface area contributed by atoms with E-state index >= 15 is 0 Å². The number of hydrogen-bond donors (Lipinski definition) is 2. The molecule has 1 saturated heterocycles. The molecule has 2 aromatic rings. The zero-order valence-electron chi connectivity index (χ0n) is 19.0. The lowest BCUT2D eigenvalue weighted by atomic mass is 10.0. The molecule has 176 valence electrons. The zero-order chi connectivity index (χ0) is 23.2. The van der Waals surface area contributed by atoms with E-state index < -0.39 is 11.8 Å². The van der Waals surface area contributed by atoms with Crippen molar-refractivity contribution in [2.75, 3.05) is 65.4 Å². The molecule has 2 aliphatic rings. The third kappa shape index (κ3) is 5.74. The Bertz CT molecular complexity index is 973. The van der Waals surface area contributed by atoms with Gasteiger partial charge in [-0.3, -0.25) is 14.5 Å². The minimum absolute atomic E-state index is 0.0457. The predicted octanol–water partition coefficient (Wildman–Crippen LogP) is 1.51. The first kappa shape index (κ1) is 22.9. The Hall–Kier alpha value is -3.30. The van der Waals surface area contributed by atoms with Crippen LogP contribution in [0.15, 0.2) is 42.5 Å². The fourth-order valence-corrected chi connectivity index (χ4v) is 4.00. The first-order valence-electron chi connectivity index (χ1n) is 11.1. The van der Waals surface area contributed by atoms with E-state index in [0.29, 0.717) is 36.9 Å². The Labute approximate surface area is 193 Å². The highest BCUT2D eigenvalue weighted by Gasteiger charge is 2.26. The molecule has 9 heteroatoms. The molecule has 2 aliphatic heterocycles. The Morgan fingerprint density at radius 2 is 1.67 bits per heavy atom. The number of nitrogens with one attached hydrogen (secondary N) is 2. The van der Waals surface area contributed by atoms with Crippen LogP contribution in [0, 0.1) is 0 Å². The summed E-state index contributed by atoms with van der Waals surface area (Å²) < 4.78 is 16.3. The van der Waals surface area contributed by atoms with Gasteiger partial charge in [-0.05, 0) is 36.9 Å². The fraction of sp³-hybridized carbons (Fsp3) is 0.417. The van der Waals surface area contributed by atoms with Crippen LogP contribution in [0.1, 0.15) is 11.6 Å². The second-order valence-corrected chi connectivity index (χ2v) is 8.15. The number of ether oxygens (including phenoxy) is 3. The molecule has 0 bridgehead atoms. The quantitative estimate of drug-likeness (QED) is 0.640. The van der Waals surface area contributed by atoms with Gasteiger partial charge in [0.2, 0.25) is 0 Å². The minimum Gasteiger partial charge on any atom is -0.497 e. The number of fused-ring (bicyclic) bond motifs is 1. The largest absolute Gasteiger partial charge is 0.497 e. The maximum absolute atomic E-state index is 12.6. The van der Waals surface area contributed by atoms with Gasteiger partial charge in [-0.15, -0.1) is 0 Å².